The van der Waals surface area contributed by atoms with Crippen molar-refractivity contribution in [1.82, 2.24) is 5.32 Å². The molecule has 1 aromatic rings. The fourth-order valence-corrected chi connectivity index (χ4v) is 1.74. The molecule has 1 unspecified atom stereocenters. The number of hydrogen-bond acceptors (Lipinski definition) is 3. The van der Waals surface area contributed by atoms with E-state index >= 15 is 0 Å². The Labute approximate surface area is 133 Å². The highest BCUT2D eigenvalue weighted by molar-refractivity contribution is 5.78. The van der Waals surface area contributed by atoms with Crippen molar-refractivity contribution in [3.63, 3.8) is 0 Å². The average molecular weight is 328 g/mol. The number of ether oxygens (including phenoxy) is 1. The van der Waals surface area contributed by atoms with Gasteiger partial charge in [-0.05, 0) is 37.0 Å². The van der Waals surface area contributed by atoms with E-state index in [2.05, 4.69) is 11.9 Å². The van der Waals surface area contributed by atoms with E-state index in [0.717, 1.165) is 12.1 Å². The number of nitrogens with two attached hydrogens (primary N) is 1. The van der Waals surface area contributed by atoms with E-state index in [9.17, 15) is 18.0 Å². The minimum Gasteiger partial charge on any atom is -0.484 e. The summed E-state index contributed by atoms with van der Waals surface area (Å²) in [6, 6.07) is 4.36. The molecule has 0 fully saturated rings. The van der Waals surface area contributed by atoms with Gasteiger partial charge in [-0.25, -0.2) is 0 Å². The molecule has 1 aromatic carbocycles. The molecule has 0 saturated heterocycles. The fourth-order valence-electron chi connectivity index (χ4n) is 1.74. The summed E-state index contributed by atoms with van der Waals surface area (Å²) in [6.07, 6.45) is -1.52. The molecule has 0 aliphatic carbocycles. The van der Waals surface area contributed by atoms with Crippen molar-refractivity contribution in [3.8, 4) is 5.75 Å². The maximum Gasteiger partial charge on any atom is 0.416 e. The number of hydrogen-bond donors (Lipinski definition) is 2. The van der Waals surface area contributed by atoms with Crippen molar-refractivity contribution in [1.29, 1.82) is 0 Å². The number of rotatable bonds is 9. The van der Waals surface area contributed by atoms with Gasteiger partial charge in [-0.15, -0.1) is 6.58 Å². The quantitative estimate of drug-likeness (QED) is 0.685. The van der Waals surface area contributed by atoms with Gasteiger partial charge < -0.3 is 15.8 Å². The number of halogens is 3. The first-order chi connectivity index (χ1) is 10.9. The molecule has 0 heterocycles. The van der Waals surface area contributed by atoms with Gasteiger partial charge in [-0.3, -0.25) is 4.79 Å². The minimum absolute atomic E-state index is 0.0187. The van der Waals surface area contributed by atoms with Crippen LogP contribution in [-0.2, 0) is 11.0 Å². The van der Waals surface area contributed by atoms with E-state index in [-0.39, 0.29) is 18.3 Å². The monoisotopic (exact) mass is 328 g/mol. The molecule has 0 spiro atoms. The van der Waals surface area contributed by atoms with Crippen LogP contribution >= 0.6 is 0 Å². The van der Waals surface area contributed by atoms with Crippen LogP contribution in [0.2, 0.25) is 0 Å². The van der Waals surface area contributed by atoms with Crippen LogP contribution in [0.5, 0.6) is 5.75 Å². The lowest BCUT2D eigenvalue weighted by atomic mass is 10.0. The smallest absolute Gasteiger partial charge is 0.416 e. The Bertz CT molecular complexity index is 518. The Hall–Kier alpha value is -2.02. The number of nitrogens with one attached hydrogen (secondary N) is 1. The predicted octanol–water partition coefficient (Wildman–Crippen LogP) is 3.07. The highest BCUT2D eigenvalue weighted by Crippen LogP contribution is 2.31. The number of allylic oxidation sites excluding steroid dienone is 1. The molecule has 126 valence electrons. The van der Waals surface area contributed by atoms with Crippen molar-refractivity contribution in [2.75, 3.05) is 6.61 Å². The molecule has 1 amide bonds. The summed E-state index contributed by atoms with van der Waals surface area (Å²) in [7, 11) is 0. The molecule has 1 rings (SSSR count). The van der Waals surface area contributed by atoms with Crippen molar-refractivity contribution >= 4 is 5.91 Å². The largest absolute Gasteiger partial charge is 0.484 e. The van der Waals surface area contributed by atoms with Gasteiger partial charge in [0.25, 0.3) is 5.91 Å². The van der Waals surface area contributed by atoms with Gasteiger partial charge in [-0.1, -0.05) is 12.1 Å². The van der Waals surface area contributed by atoms with Gasteiger partial charge in [0.15, 0.2) is 6.61 Å². The van der Waals surface area contributed by atoms with E-state index in [1.807, 2.05) is 0 Å². The minimum atomic E-state index is -4.45. The summed E-state index contributed by atoms with van der Waals surface area (Å²) < 4.78 is 42.7. The SMILES string of the molecule is C=CCC([CH]N)C[CH]NC(=O)COc1cccc(C(F)(F)F)c1. The Kier molecular flexibility index (Phi) is 7.61. The molecule has 7 heteroatoms. The summed E-state index contributed by atoms with van der Waals surface area (Å²) >= 11 is 0. The second-order valence-electron chi connectivity index (χ2n) is 4.80. The first kappa shape index (κ1) is 19.0. The first-order valence-electron chi connectivity index (χ1n) is 6.94. The lowest BCUT2D eigenvalue weighted by molar-refractivity contribution is -0.137. The molecule has 0 aromatic heterocycles. The van der Waals surface area contributed by atoms with Gasteiger partial charge in [0.1, 0.15) is 5.75 Å². The summed E-state index contributed by atoms with van der Waals surface area (Å²) in [4.78, 5) is 11.6. The van der Waals surface area contributed by atoms with Gasteiger partial charge >= 0.3 is 6.18 Å². The molecule has 2 radical (unpaired) electrons. The molecule has 23 heavy (non-hydrogen) atoms. The number of benzene rings is 1. The summed E-state index contributed by atoms with van der Waals surface area (Å²) in [5, 5.41) is 2.50. The molecule has 4 nitrogen and oxygen atoms in total. The summed E-state index contributed by atoms with van der Waals surface area (Å²) in [5.41, 5.74) is 4.61. The molecular weight excluding hydrogens is 309 g/mol. The zero-order valence-corrected chi connectivity index (χ0v) is 12.5. The van der Waals surface area contributed by atoms with Crippen molar-refractivity contribution in [3.05, 3.63) is 55.6 Å². The second kappa shape index (κ2) is 9.19. The van der Waals surface area contributed by atoms with Gasteiger partial charge in [-0.2, -0.15) is 13.2 Å². The van der Waals surface area contributed by atoms with E-state index in [4.69, 9.17) is 10.5 Å². The van der Waals surface area contributed by atoms with Crippen LogP contribution in [-0.4, -0.2) is 12.5 Å². The van der Waals surface area contributed by atoms with Crippen LogP contribution in [0, 0.1) is 19.0 Å². The summed E-state index contributed by atoms with van der Waals surface area (Å²) in [5.74, 6) is -0.413. The van der Waals surface area contributed by atoms with Crippen LogP contribution < -0.4 is 15.8 Å². The standard InChI is InChI=1S/C16H19F3N2O2/c1-2-4-12(10-20)7-8-21-15(22)11-23-14-6-3-5-13(9-14)16(17,18)19/h2-3,5-6,8-10,12H,1,4,7,11,20H2,(H,21,22). The zero-order valence-electron chi connectivity index (χ0n) is 12.5. The van der Waals surface area contributed by atoms with Crippen molar-refractivity contribution in [2.24, 2.45) is 11.7 Å². The predicted molar refractivity (Wildman–Crippen MR) is 80.8 cm³/mol. The first-order valence-corrected chi connectivity index (χ1v) is 6.94. The molecule has 1 atom stereocenters. The van der Waals surface area contributed by atoms with E-state index in [0.29, 0.717) is 12.8 Å². The number of alkyl halides is 3. The third-order valence-electron chi connectivity index (χ3n) is 2.96. The molecular formula is C16H19F3N2O2. The third-order valence-corrected chi connectivity index (χ3v) is 2.96. The molecule has 0 saturated carbocycles. The molecule has 3 N–H and O–H groups in total. The van der Waals surface area contributed by atoms with Crippen LogP contribution in [0.25, 0.3) is 0 Å². The molecule has 0 bridgehead atoms. The number of amides is 1. The van der Waals surface area contributed by atoms with Crippen molar-refractivity contribution in [2.45, 2.75) is 19.0 Å². The van der Waals surface area contributed by atoms with Crippen LogP contribution in [0.1, 0.15) is 18.4 Å². The average Bonchev–Trinajstić information content (AvgIpc) is 2.51. The summed E-state index contributed by atoms with van der Waals surface area (Å²) in [6.45, 7) is 6.28. The van der Waals surface area contributed by atoms with Gasteiger partial charge in [0.05, 0.1) is 5.56 Å². The Balaban J connectivity index is 2.37. The lowest BCUT2D eigenvalue weighted by Gasteiger charge is -2.13. The highest BCUT2D eigenvalue weighted by Gasteiger charge is 2.30. The van der Waals surface area contributed by atoms with Crippen LogP contribution in [0.3, 0.4) is 0 Å². The third kappa shape index (κ3) is 7.19. The number of carbonyl (C=O) groups excluding carboxylic acids is 1. The van der Waals surface area contributed by atoms with E-state index in [1.54, 1.807) is 6.08 Å². The Morgan fingerprint density at radius 1 is 1.39 bits per heavy atom. The van der Waals surface area contributed by atoms with E-state index < -0.39 is 17.6 Å². The van der Waals surface area contributed by atoms with E-state index in [1.165, 1.54) is 25.2 Å². The fraction of sp³-hybridized carbons (Fsp3) is 0.312. The van der Waals surface area contributed by atoms with Crippen LogP contribution in [0.4, 0.5) is 13.2 Å². The Morgan fingerprint density at radius 2 is 2.13 bits per heavy atom. The normalized spacial score (nSPS) is 12.5. The molecule has 0 aliphatic heterocycles. The topological polar surface area (TPSA) is 64.3 Å². The number of carbonyl (C=O) groups is 1. The van der Waals surface area contributed by atoms with Gasteiger partial charge in [0.2, 0.25) is 0 Å². The van der Waals surface area contributed by atoms with Crippen molar-refractivity contribution < 1.29 is 22.7 Å². The maximum absolute atomic E-state index is 12.5. The molecule has 0 aliphatic rings. The highest BCUT2D eigenvalue weighted by atomic mass is 19.4. The lowest BCUT2D eigenvalue weighted by Crippen LogP contribution is -2.27. The van der Waals surface area contributed by atoms with Crippen LogP contribution in [0.15, 0.2) is 36.9 Å². The van der Waals surface area contributed by atoms with Gasteiger partial charge in [0, 0.05) is 13.1 Å². The maximum atomic E-state index is 12.5. The Morgan fingerprint density at radius 3 is 2.74 bits per heavy atom. The second-order valence-corrected chi connectivity index (χ2v) is 4.80. The zero-order chi connectivity index (χ0) is 17.3.